The first-order valence-corrected chi connectivity index (χ1v) is 9.00. The minimum absolute atomic E-state index is 0.174. The first-order chi connectivity index (χ1) is 13.0. The first-order valence-electron chi connectivity index (χ1n) is 8.19. The number of carbonyl (C=O) groups excluding carboxylic acids is 1. The third kappa shape index (κ3) is 3.36. The molecular weight excluding hydrogens is 373 g/mol. The van der Waals surface area contributed by atoms with Gasteiger partial charge < -0.3 is 25.8 Å². The molecule has 10 heteroatoms. The molecule has 3 heterocycles. The summed E-state index contributed by atoms with van der Waals surface area (Å²) < 4.78 is 24.4. The summed E-state index contributed by atoms with van der Waals surface area (Å²) in [6.45, 7) is 2.39. The summed E-state index contributed by atoms with van der Waals surface area (Å²) in [6.07, 6.45) is 0. The molecule has 1 amide bonds. The van der Waals surface area contributed by atoms with E-state index < -0.39 is 5.91 Å². The molecule has 4 N–H and O–H groups in total. The summed E-state index contributed by atoms with van der Waals surface area (Å²) in [5.41, 5.74) is 11.7. The molecule has 8 nitrogen and oxygen atoms in total. The van der Waals surface area contributed by atoms with Gasteiger partial charge in [0.15, 0.2) is 0 Å². The average molecular weight is 389 g/mol. The number of benzene rings is 1. The number of primary amides is 1. The van der Waals surface area contributed by atoms with Crippen LogP contribution in [-0.2, 0) is 4.74 Å². The van der Waals surface area contributed by atoms with E-state index in [0.29, 0.717) is 48.2 Å². The third-order valence-electron chi connectivity index (χ3n) is 4.09. The minimum Gasteiger partial charge on any atom is -0.438 e. The predicted molar refractivity (Wildman–Crippen MR) is 99.9 cm³/mol. The maximum atomic E-state index is 13.2. The van der Waals surface area contributed by atoms with Crippen LogP contribution in [0.2, 0.25) is 0 Å². The van der Waals surface area contributed by atoms with E-state index >= 15 is 0 Å². The van der Waals surface area contributed by atoms with Crippen LogP contribution >= 0.6 is 11.3 Å². The zero-order valence-corrected chi connectivity index (χ0v) is 15.0. The second-order valence-electron chi connectivity index (χ2n) is 5.87. The SMILES string of the molecule is NC(=O)c1sc2nc(N3CCOCC3)nc(Oc3ccc(F)cc3)c2c1N. The molecule has 0 aliphatic carbocycles. The monoisotopic (exact) mass is 389 g/mol. The van der Waals surface area contributed by atoms with Crippen LogP contribution < -0.4 is 21.1 Å². The highest BCUT2D eigenvalue weighted by atomic mass is 32.1. The smallest absolute Gasteiger partial charge is 0.260 e. The molecule has 2 aromatic heterocycles. The average Bonchev–Trinajstić information content (AvgIpc) is 3.01. The standard InChI is InChI=1S/C17H16FN5O3S/c18-9-1-3-10(4-2-9)26-15-11-12(19)13(14(20)24)27-16(11)22-17(21-15)23-5-7-25-8-6-23/h1-4H,5-8,19H2,(H2,20,24). The number of amides is 1. The zero-order chi connectivity index (χ0) is 19.0. The van der Waals surface area contributed by atoms with E-state index in [1.807, 2.05) is 4.90 Å². The molecule has 140 valence electrons. The Morgan fingerprint density at radius 1 is 1.22 bits per heavy atom. The fourth-order valence-electron chi connectivity index (χ4n) is 2.76. The fraction of sp³-hybridized carbons (Fsp3) is 0.235. The molecule has 3 aromatic rings. The molecule has 0 bridgehead atoms. The summed E-state index contributed by atoms with van der Waals surface area (Å²) in [7, 11) is 0. The van der Waals surface area contributed by atoms with Crippen molar-refractivity contribution in [2.45, 2.75) is 0 Å². The molecule has 1 aliphatic rings. The highest BCUT2D eigenvalue weighted by Gasteiger charge is 2.24. The van der Waals surface area contributed by atoms with Gasteiger partial charge in [-0.25, -0.2) is 9.37 Å². The molecule has 27 heavy (non-hydrogen) atoms. The Bertz CT molecular complexity index is 1000. The molecular formula is C17H16FN5O3S. The van der Waals surface area contributed by atoms with Crippen LogP contribution in [0.1, 0.15) is 9.67 Å². The molecule has 0 unspecified atom stereocenters. The van der Waals surface area contributed by atoms with E-state index in [9.17, 15) is 9.18 Å². The van der Waals surface area contributed by atoms with Crippen molar-refractivity contribution >= 4 is 39.1 Å². The topological polar surface area (TPSA) is 117 Å². The van der Waals surface area contributed by atoms with Gasteiger partial charge in [-0.3, -0.25) is 4.79 Å². The second-order valence-corrected chi connectivity index (χ2v) is 6.87. The maximum absolute atomic E-state index is 13.2. The van der Waals surface area contributed by atoms with E-state index in [4.69, 9.17) is 20.9 Å². The van der Waals surface area contributed by atoms with Gasteiger partial charge >= 0.3 is 0 Å². The molecule has 4 rings (SSSR count). The lowest BCUT2D eigenvalue weighted by molar-refractivity contribution is 0.100. The number of nitrogens with two attached hydrogens (primary N) is 2. The Hall–Kier alpha value is -2.98. The van der Waals surface area contributed by atoms with Crippen molar-refractivity contribution in [3.8, 4) is 11.6 Å². The van der Waals surface area contributed by atoms with E-state index in [1.165, 1.54) is 24.3 Å². The Kier molecular flexibility index (Phi) is 4.50. The molecule has 1 aromatic carbocycles. The zero-order valence-electron chi connectivity index (χ0n) is 14.1. The number of aromatic nitrogens is 2. The maximum Gasteiger partial charge on any atom is 0.260 e. The Morgan fingerprint density at radius 3 is 2.59 bits per heavy atom. The van der Waals surface area contributed by atoms with Gasteiger partial charge in [0.25, 0.3) is 5.91 Å². The third-order valence-corrected chi connectivity index (χ3v) is 5.20. The number of ether oxygens (including phenoxy) is 2. The number of fused-ring (bicyclic) bond motifs is 1. The predicted octanol–water partition coefficient (Wildman–Crippen LogP) is 2.14. The lowest BCUT2D eigenvalue weighted by atomic mass is 10.3. The van der Waals surface area contributed by atoms with Gasteiger partial charge in [0.2, 0.25) is 11.8 Å². The number of morpholine rings is 1. The van der Waals surface area contributed by atoms with Gasteiger partial charge in [-0.05, 0) is 24.3 Å². The van der Waals surface area contributed by atoms with Crippen molar-refractivity contribution in [1.29, 1.82) is 0 Å². The van der Waals surface area contributed by atoms with Crippen LogP contribution in [-0.4, -0.2) is 42.2 Å². The van der Waals surface area contributed by atoms with Crippen molar-refractivity contribution in [2.75, 3.05) is 36.9 Å². The van der Waals surface area contributed by atoms with Gasteiger partial charge in [-0.1, -0.05) is 0 Å². The van der Waals surface area contributed by atoms with Gasteiger partial charge in [0.1, 0.15) is 21.3 Å². The molecule has 0 atom stereocenters. The number of halogens is 1. The van der Waals surface area contributed by atoms with Crippen molar-refractivity contribution < 1.29 is 18.7 Å². The van der Waals surface area contributed by atoms with Gasteiger partial charge in [0, 0.05) is 13.1 Å². The highest BCUT2D eigenvalue weighted by Crippen LogP contribution is 2.40. The normalized spacial score (nSPS) is 14.5. The molecule has 0 spiro atoms. The number of hydrogen-bond acceptors (Lipinski definition) is 8. The van der Waals surface area contributed by atoms with Crippen molar-refractivity contribution in [3.63, 3.8) is 0 Å². The van der Waals surface area contributed by atoms with Crippen molar-refractivity contribution in [2.24, 2.45) is 5.73 Å². The van der Waals surface area contributed by atoms with E-state index in [-0.39, 0.29) is 22.3 Å². The lowest BCUT2D eigenvalue weighted by Gasteiger charge is -2.26. The molecule has 1 fully saturated rings. The van der Waals surface area contributed by atoms with Crippen LogP contribution in [0, 0.1) is 5.82 Å². The number of nitrogens with zero attached hydrogens (tertiary/aromatic N) is 3. The van der Waals surface area contributed by atoms with Gasteiger partial charge in [-0.15, -0.1) is 11.3 Å². The van der Waals surface area contributed by atoms with Crippen molar-refractivity contribution in [1.82, 2.24) is 9.97 Å². The summed E-state index contributed by atoms with van der Waals surface area (Å²) in [5.74, 6) is -0.00325. The first kappa shape index (κ1) is 17.4. The summed E-state index contributed by atoms with van der Waals surface area (Å²) in [4.78, 5) is 23.4. The molecule has 1 saturated heterocycles. The van der Waals surface area contributed by atoms with Crippen LogP contribution in [0.5, 0.6) is 11.6 Å². The Labute approximate surface area is 157 Å². The summed E-state index contributed by atoms with van der Waals surface area (Å²) >= 11 is 1.09. The van der Waals surface area contributed by atoms with Crippen LogP contribution in [0.4, 0.5) is 16.0 Å². The van der Waals surface area contributed by atoms with Crippen LogP contribution in [0.3, 0.4) is 0 Å². The largest absolute Gasteiger partial charge is 0.438 e. The lowest BCUT2D eigenvalue weighted by Crippen LogP contribution is -2.37. The number of thiophene rings is 1. The quantitative estimate of drug-likeness (QED) is 0.702. The van der Waals surface area contributed by atoms with E-state index in [0.717, 1.165) is 11.3 Å². The summed E-state index contributed by atoms with van der Waals surface area (Å²) in [6, 6.07) is 5.52. The van der Waals surface area contributed by atoms with Crippen LogP contribution in [0.25, 0.3) is 10.2 Å². The Balaban J connectivity index is 1.84. The highest BCUT2D eigenvalue weighted by molar-refractivity contribution is 7.21. The number of rotatable bonds is 4. The summed E-state index contributed by atoms with van der Waals surface area (Å²) in [5, 5.41) is 0.412. The number of carbonyl (C=O) groups is 1. The Morgan fingerprint density at radius 2 is 1.93 bits per heavy atom. The van der Waals surface area contributed by atoms with Gasteiger partial charge in [-0.2, -0.15) is 4.98 Å². The van der Waals surface area contributed by atoms with Gasteiger partial charge in [0.05, 0.1) is 24.3 Å². The molecule has 0 saturated carbocycles. The minimum atomic E-state index is -0.642. The second kappa shape index (κ2) is 6.97. The number of hydrogen-bond donors (Lipinski definition) is 2. The number of nitrogen functional groups attached to an aromatic ring is 1. The fourth-order valence-corrected chi connectivity index (χ4v) is 3.69. The molecule has 0 radical (unpaired) electrons. The van der Waals surface area contributed by atoms with E-state index in [2.05, 4.69) is 9.97 Å². The van der Waals surface area contributed by atoms with Crippen LogP contribution in [0.15, 0.2) is 24.3 Å². The number of anilines is 2. The van der Waals surface area contributed by atoms with E-state index in [1.54, 1.807) is 0 Å². The van der Waals surface area contributed by atoms with Crippen molar-refractivity contribution in [3.05, 3.63) is 35.0 Å². The molecule has 1 aliphatic heterocycles.